The Morgan fingerprint density at radius 1 is 1.11 bits per heavy atom. The van der Waals surface area contributed by atoms with E-state index in [2.05, 4.69) is 5.16 Å². The zero-order chi connectivity index (χ0) is 24.8. The summed E-state index contributed by atoms with van der Waals surface area (Å²) in [4.78, 5) is 26.2. The number of amides is 1. The van der Waals surface area contributed by atoms with Crippen LogP contribution in [0.15, 0.2) is 28.8 Å². The van der Waals surface area contributed by atoms with Gasteiger partial charge in [-0.15, -0.1) is 0 Å². The molecule has 1 saturated heterocycles. The largest absolute Gasteiger partial charge is 0.490 e. The van der Waals surface area contributed by atoms with Crippen LogP contribution >= 0.6 is 0 Å². The van der Waals surface area contributed by atoms with Gasteiger partial charge in [0.2, 0.25) is 0 Å². The molecule has 2 atom stereocenters. The normalized spacial score (nSPS) is 20.4. The summed E-state index contributed by atoms with van der Waals surface area (Å²) in [5.74, 6) is 0.906. The molecule has 9 heteroatoms. The second kappa shape index (κ2) is 11.6. The molecule has 9 nitrogen and oxygen atoms in total. The van der Waals surface area contributed by atoms with Crippen LogP contribution in [0.25, 0.3) is 11.3 Å². The number of hydrogen-bond acceptors (Lipinski definition) is 8. The van der Waals surface area contributed by atoms with Crippen molar-refractivity contribution in [3.05, 3.63) is 35.5 Å². The van der Waals surface area contributed by atoms with Crippen LogP contribution in [0, 0.1) is 6.92 Å². The van der Waals surface area contributed by atoms with Crippen LogP contribution in [0.1, 0.15) is 56.7 Å². The van der Waals surface area contributed by atoms with Crippen LogP contribution in [0.4, 0.5) is 4.79 Å². The van der Waals surface area contributed by atoms with Crippen molar-refractivity contribution < 1.29 is 33.1 Å². The van der Waals surface area contributed by atoms with E-state index >= 15 is 0 Å². The van der Waals surface area contributed by atoms with E-state index < -0.39 is 6.10 Å². The monoisotopic (exact) mass is 486 g/mol. The van der Waals surface area contributed by atoms with Gasteiger partial charge >= 0.3 is 12.1 Å². The van der Waals surface area contributed by atoms with Gasteiger partial charge in [-0.2, -0.15) is 0 Å². The van der Waals surface area contributed by atoms with E-state index in [1.807, 2.05) is 31.2 Å². The van der Waals surface area contributed by atoms with E-state index in [-0.39, 0.29) is 30.8 Å². The Morgan fingerprint density at radius 3 is 2.57 bits per heavy atom. The number of carbonyl (C=O) groups is 2. The summed E-state index contributed by atoms with van der Waals surface area (Å²) in [6.45, 7) is 4.47. The third-order valence-electron chi connectivity index (χ3n) is 6.69. The smallest absolute Gasteiger partial charge is 0.410 e. The van der Waals surface area contributed by atoms with Crippen molar-refractivity contribution in [2.75, 3.05) is 20.3 Å². The maximum atomic E-state index is 12.5. The second-order valence-electron chi connectivity index (χ2n) is 9.08. The topological polar surface area (TPSA) is 100 Å². The molecule has 0 unspecified atom stereocenters. The standard InChI is InChI=1S/C26H34N2O7/c1-4-31-25(29)23-15-21(13-14-32-23)34-20-11-9-18(10-12-20)24-22(17(2)27-35-24)16-33-26(30)28(3)19-7-5-6-8-19/h9-12,19,21,23H,4-8,13-16H2,1-3H3/t21-,23-/m1/s1. The van der Waals surface area contributed by atoms with E-state index in [9.17, 15) is 9.59 Å². The number of carbonyl (C=O) groups excluding carboxylic acids is 2. The van der Waals surface area contributed by atoms with Gasteiger partial charge in [-0.1, -0.05) is 18.0 Å². The number of hydrogen-bond donors (Lipinski definition) is 0. The number of aryl methyl sites for hydroxylation is 1. The van der Waals surface area contributed by atoms with Gasteiger partial charge in [-0.05, 0) is 51.0 Å². The van der Waals surface area contributed by atoms with Crippen molar-refractivity contribution in [1.29, 1.82) is 0 Å². The van der Waals surface area contributed by atoms with Crippen LogP contribution in [0.3, 0.4) is 0 Å². The molecular formula is C26H34N2O7. The fourth-order valence-electron chi connectivity index (χ4n) is 4.61. The van der Waals surface area contributed by atoms with Crippen LogP contribution < -0.4 is 4.74 Å². The Morgan fingerprint density at radius 2 is 1.86 bits per heavy atom. The molecule has 2 fully saturated rings. The van der Waals surface area contributed by atoms with Gasteiger partial charge in [0.15, 0.2) is 11.9 Å². The van der Waals surface area contributed by atoms with Crippen LogP contribution in [0.2, 0.25) is 0 Å². The Labute approximate surface area is 205 Å². The highest BCUT2D eigenvalue weighted by atomic mass is 16.6. The van der Waals surface area contributed by atoms with Crippen molar-refractivity contribution in [2.45, 2.75) is 77.2 Å². The van der Waals surface area contributed by atoms with Crippen LogP contribution in [0.5, 0.6) is 5.75 Å². The van der Waals surface area contributed by atoms with Gasteiger partial charge in [0.05, 0.1) is 24.5 Å². The fourth-order valence-corrected chi connectivity index (χ4v) is 4.61. The molecule has 1 aliphatic heterocycles. The average molecular weight is 487 g/mol. The molecule has 2 aliphatic rings. The molecule has 0 spiro atoms. The van der Waals surface area contributed by atoms with Gasteiger partial charge in [-0.3, -0.25) is 0 Å². The minimum Gasteiger partial charge on any atom is -0.490 e. The number of benzene rings is 1. The van der Waals surface area contributed by atoms with Gasteiger partial charge in [-0.25, -0.2) is 9.59 Å². The molecular weight excluding hydrogens is 452 g/mol. The number of nitrogens with zero attached hydrogens (tertiary/aromatic N) is 2. The van der Waals surface area contributed by atoms with E-state index in [4.69, 9.17) is 23.5 Å². The minimum absolute atomic E-state index is 0.0934. The van der Waals surface area contributed by atoms with Crippen molar-refractivity contribution >= 4 is 12.1 Å². The molecule has 190 valence electrons. The molecule has 2 aromatic rings. The zero-order valence-electron chi connectivity index (χ0n) is 20.7. The lowest BCUT2D eigenvalue weighted by molar-refractivity contribution is -0.162. The Bertz CT molecular complexity index is 998. The molecule has 1 aromatic heterocycles. The SMILES string of the molecule is CCOC(=O)[C@H]1C[C@H](Oc2ccc(-c3onc(C)c3COC(=O)N(C)C3CCCC3)cc2)CCO1. The highest BCUT2D eigenvalue weighted by Gasteiger charge is 2.30. The third-order valence-corrected chi connectivity index (χ3v) is 6.69. The first-order valence-electron chi connectivity index (χ1n) is 12.4. The lowest BCUT2D eigenvalue weighted by atomic mass is 10.1. The van der Waals surface area contributed by atoms with Gasteiger partial charge in [0.1, 0.15) is 18.5 Å². The quantitative estimate of drug-likeness (QED) is 0.497. The second-order valence-corrected chi connectivity index (χ2v) is 9.08. The Balaban J connectivity index is 1.36. The van der Waals surface area contributed by atoms with E-state index in [0.717, 1.165) is 36.8 Å². The zero-order valence-corrected chi connectivity index (χ0v) is 20.7. The molecule has 1 aliphatic carbocycles. The minimum atomic E-state index is -0.594. The highest BCUT2D eigenvalue weighted by molar-refractivity contribution is 5.74. The molecule has 1 saturated carbocycles. The first kappa shape index (κ1) is 25.0. The van der Waals surface area contributed by atoms with E-state index in [0.29, 0.717) is 43.3 Å². The lowest BCUT2D eigenvalue weighted by Gasteiger charge is -2.28. The van der Waals surface area contributed by atoms with Gasteiger partial charge in [0, 0.05) is 31.5 Å². The molecule has 0 bridgehead atoms. The van der Waals surface area contributed by atoms with Crippen LogP contribution in [-0.2, 0) is 25.6 Å². The molecule has 4 rings (SSSR count). The number of esters is 1. The summed E-state index contributed by atoms with van der Waals surface area (Å²) in [5.41, 5.74) is 2.24. The summed E-state index contributed by atoms with van der Waals surface area (Å²) in [7, 11) is 1.80. The third kappa shape index (κ3) is 6.14. The molecule has 1 amide bonds. The maximum absolute atomic E-state index is 12.5. The van der Waals surface area contributed by atoms with E-state index in [1.54, 1.807) is 18.9 Å². The van der Waals surface area contributed by atoms with Crippen molar-refractivity contribution in [1.82, 2.24) is 10.1 Å². The molecule has 0 N–H and O–H groups in total. The Hall–Kier alpha value is -3.07. The van der Waals surface area contributed by atoms with Crippen LogP contribution in [-0.4, -0.2) is 60.6 Å². The molecule has 35 heavy (non-hydrogen) atoms. The van der Waals surface area contributed by atoms with Gasteiger partial charge < -0.3 is 28.4 Å². The maximum Gasteiger partial charge on any atom is 0.410 e. The summed E-state index contributed by atoms with van der Waals surface area (Å²) < 4.78 is 27.8. The van der Waals surface area contributed by atoms with Crippen molar-refractivity contribution in [2.24, 2.45) is 0 Å². The number of rotatable bonds is 8. The fraction of sp³-hybridized carbons (Fsp3) is 0.577. The van der Waals surface area contributed by atoms with Crippen molar-refractivity contribution in [3.8, 4) is 17.1 Å². The average Bonchev–Trinajstić information content (AvgIpc) is 3.53. The number of ether oxygens (including phenoxy) is 4. The summed E-state index contributed by atoms with van der Waals surface area (Å²) in [6.07, 6.45) is 4.44. The summed E-state index contributed by atoms with van der Waals surface area (Å²) >= 11 is 0. The lowest BCUT2D eigenvalue weighted by Crippen LogP contribution is -2.38. The summed E-state index contributed by atoms with van der Waals surface area (Å²) in [5, 5.41) is 4.08. The van der Waals surface area contributed by atoms with Crippen molar-refractivity contribution in [3.63, 3.8) is 0 Å². The Kier molecular flexibility index (Phi) is 8.28. The molecule has 1 aromatic carbocycles. The first-order valence-corrected chi connectivity index (χ1v) is 12.4. The predicted molar refractivity (Wildman–Crippen MR) is 127 cm³/mol. The highest BCUT2D eigenvalue weighted by Crippen LogP contribution is 2.30. The molecule has 2 heterocycles. The summed E-state index contributed by atoms with van der Waals surface area (Å²) in [6, 6.07) is 7.72. The molecule has 0 radical (unpaired) electrons. The predicted octanol–water partition coefficient (Wildman–Crippen LogP) is 4.65. The van der Waals surface area contributed by atoms with Gasteiger partial charge in [0.25, 0.3) is 0 Å². The number of aromatic nitrogens is 1. The van der Waals surface area contributed by atoms with E-state index in [1.165, 1.54) is 0 Å². The first-order chi connectivity index (χ1) is 17.0.